The molecular weight excluding hydrogens is 293 g/mol. The topological polar surface area (TPSA) is 33.5 Å². The van der Waals surface area contributed by atoms with Gasteiger partial charge in [0.1, 0.15) is 11.9 Å². The predicted molar refractivity (Wildman–Crippen MR) is 79.2 cm³/mol. The minimum absolute atomic E-state index is 0.140. The van der Waals surface area contributed by atoms with Gasteiger partial charge in [-0.25, -0.2) is 4.39 Å². The molecule has 2 aromatic rings. The Morgan fingerprint density at radius 3 is 2.86 bits per heavy atom. The van der Waals surface area contributed by atoms with E-state index in [2.05, 4.69) is 0 Å². The molecule has 0 N–H and O–H groups in total. The Morgan fingerprint density at radius 1 is 1.29 bits per heavy atom. The molecule has 0 aliphatic carbocycles. The molecule has 1 aromatic heterocycles. The Morgan fingerprint density at radius 2 is 2.10 bits per heavy atom. The summed E-state index contributed by atoms with van der Waals surface area (Å²) in [6, 6.07) is 10.6. The summed E-state index contributed by atoms with van der Waals surface area (Å²) in [5.41, 5.74) is 0.736. The number of alkyl halides is 1. The zero-order chi connectivity index (χ0) is 14.8. The van der Waals surface area contributed by atoms with Crippen molar-refractivity contribution in [2.45, 2.75) is 19.0 Å². The Balaban J connectivity index is 1.82. The molecule has 3 rings (SSSR count). The third-order valence-corrected chi connectivity index (χ3v) is 3.94. The molecular formula is C16H15ClFNO2. The maximum Gasteiger partial charge on any atom is 0.289 e. The van der Waals surface area contributed by atoms with Crippen LogP contribution in [0.1, 0.15) is 23.4 Å². The first-order valence-corrected chi connectivity index (χ1v) is 7.31. The van der Waals surface area contributed by atoms with E-state index in [1.165, 1.54) is 4.90 Å². The molecule has 1 atom stereocenters. The highest BCUT2D eigenvalue weighted by atomic mass is 35.5. The van der Waals surface area contributed by atoms with Crippen molar-refractivity contribution in [3.8, 4) is 11.3 Å². The molecule has 2 heterocycles. The van der Waals surface area contributed by atoms with E-state index in [-0.39, 0.29) is 18.2 Å². The first-order chi connectivity index (χ1) is 10.1. The van der Waals surface area contributed by atoms with Gasteiger partial charge in [0.2, 0.25) is 0 Å². The van der Waals surface area contributed by atoms with Crippen molar-refractivity contribution in [1.29, 1.82) is 0 Å². The Hall–Kier alpha value is -1.81. The van der Waals surface area contributed by atoms with Gasteiger partial charge in [-0.15, -0.1) is 0 Å². The third-order valence-electron chi connectivity index (χ3n) is 3.61. The third kappa shape index (κ3) is 2.95. The highest BCUT2D eigenvalue weighted by Gasteiger charge is 2.26. The normalized spacial score (nSPS) is 18.8. The van der Waals surface area contributed by atoms with Crippen LogP contribution in [-0.2, 0) is 0 Å². The number of benzene rings is 1. The molecule has 3 nitrogen and oxygen atoms in total. The van der Waals surface area contributed by atoms with Crippen molar-refractivity contribution >= 4 is 17.5 Å². The molecule has 0 bridgehead atoms. The molecule has 1 unspecified atom stereocenters. The fourth-order valence-corrected chi connectivity index (χ4v) is 2.75. The summed E-state index contributed by atoms with van der Waals surface area (Å²) in [5, 5.41) is 0.563. The predicted octanol–water partition coefficient (Wildman–Crippen LogP) is 4.17. The monoisotopic (exact) mass is 307 g/mol. The van der Waals surface area contributed by atoms with Crippen molar-refractivity contribution in [3.05, 3.63) is 47.2 Å². The first kappa shape index (κ1) is 14.1. The molecule has 21 heavy (non-hydrogen) atoms. The van der Waals surface area contributed by atoms with Gasteiger partial charge in [-0.3, -0.25) is 4.79 Å². The Labute approximate surface area is 127 Å². The lowest BCUT2D eigenvalue weighted by atomic mass is 10.1. The highest BCUT2D eigenvalue weighted by molar-refractivity contribution is 6.33. The zero-order valence-corrected chi connectivity index (χ0v) is 12.1. The van der Waals surface area contributed by atoms with Crippen molar-refractivity contribution in [1.82, 2.24) is 4.90 Å². The summed E-state index contributed by atoms with van der Waals surface area (Å²) in [4.78, 5) is 13.8. The quantitative estimate of drug-likeness (QED) is 0.834. The molecule has 5 heteroatoms. The molecule has 1 aliphatic rings. The number of piperidine rings is 1. The van der Waals surface area contributed by atoms with Crippen LogP contribution < -0.4 is 0 Å². The molecule has 1 aliphatic heterocycles. The summed E-state index contributed by atoms with van der Waals surface area (Å²) < 4.78 is 19.0. The molecule has 1 fully saturated rings. The van der Waals surface area contributed by atoms with E-state index in [9.17, 15) is 9.18 Å². The number of hydrogen-bond donors (Lipinski definition) is 0. The highest BCUT2D eigenvalue weighted by Crippen LogP contribution is 2.29. The summed E-state index contributed by atoms with van der Waals surface area (Å²) in [6.45, 7) is 0.711. The number of nitrogens with zero attached hydrogens (tertiary/aromatic N) is 1. The summed E-state index contributed by atoms with van der Waals surface area (Å²) in [6.07, 6.45) is 0.262. The zero-order valence-electron chi connectivity index (χ0n) is 11.4. The van der Waals surface area contributed by atoms with Gasteiger partial charge >= 0.3 is 0 Å². The average molecular weight is 308 g/mol. The number of furan rings is 1. The molecule has 0 radical (unpaired) electrons. The number of likely N-dealkylation sites (tertiary alicyclic amines) is 1. The number of carbonyl (C=O) groups is 1. The minimum Gasteiger partial charge on any atom is -0.451 e. The van der Waals surface area contributed by atoms with Gasteiger partial charge in [-0.05, 0) is 37.1 Å². The van der Waals surface area contributed by atoms with Gasteiger partial charge in [-0.1, -0.05) is 23.7 Å². The first-order valence-electron chi connectivity index (χ1n) is 6.93. The van der Waals surface area contributed by atoms with E-state index in [0.29, 0.717) is 30.2 Å². The van der Waals surface area contributed by atoms with E-state index in [4.69, 9.17) is 16.0 Å². The number of halogens is 2. The number of hydrogen-bond acceptors (Lipinski definition) is 2. The van der Waals surface area contributed by atoms with Gasteiger partial charge in [0, 0.05) is 12.1 Å². The van der Waals surface area contributed by atoms with E-state index < -0.39 is 6.17 Å². The summed E-state index contributed by atoms with van der Waals surface area (Å²) in [7, 11) is 0. The van der Waals surface area contributed by atoms with Crippen LogP contribution in [0.3, 0.4) is 0 Å². The van der Waals surface area contributed by atoms with E-state index in [0.717, 1.165) is 5.56 Å². The van der Waals surface area contributed by atoms with Crippen LogP contribution in [0.2, 0.25) is 5.02 Å². The number of amides is 1. The average Bonchev–Trinajstić information content (AvgIpc) is 2.96. The fourth-order valence-electron chi connectivity index (χ4n) is 2.52. The second-order valence-electron chi connectivity index (χ2n) is 5.13. The van der Waals surface area contributed by atoms with Crippen LogP contribution in [0.15, 0.2) is 40.8 Å². The Bertz CT molecular complexity index is 655. The fraction of sp³-hybridized carbons (Fsp3) is 0.312. The van der Waals surface area contributed by atoms with Crippen LogP contribution in [0.4, 0.5) is 4.39 Å². The minimum atomic E-state index is -0.944. The van der Waals surface area contributed by atoms with Gasteiger partial charge in [0.15, 0.2) is 5.76 Å². The van der Waals surface area contributed by atoms with E-state index in [1.54, 1.807) is 18.2 Å². The van der Waals surface area contributed by atoms with Crippen molar-refractivity contribution < 1.29 is 13.6 Å². The summed E-state index contributed by atoms with van der Waals surface area (Å²) in [5.74, 6) is 0.493. The lowest BCUT2D eigenvalue weighted by Gasteiger charge is -2.28. The second kappa shape index (κ2) is 5.90. The lowest BCUT2D eigenvalue weighted by molar-refractivity contribution is 0.0606. The maximum absolute atomic E-state index is 13.4. The van der Waals surface area contributed by atoms with Gasteiger partial charge in [0.05, 0.1) is 11.6 Å². The Kier molecular flexibility index (Phi) is 3.97. The van der Waals surface area contributed by atoms with E-state index >= 15 is 0 Å². The molecule has 1 saturated heterocycles. The van der Waals surface area contributed by atoms with Crippen molar-refractivity contribution in [2.24, 2.45) is 0 Å². The lowest BCUT2D eigenvalue weighted by Crippen LogP contribution is -2.40. The largest absolute Gasteiger partial charge is 0.451 e. The molecule has 1 aromatic carbocycles. The van der Waals surface area contributed by atoms with Crippen LogP contribution in [-0.4, -0.2) is 30.1 Å². The van der Waals surface area contributed by atoms with Crippen LogP contribution in [0, 0.1) is 0 Å². The SMILES string of the molecule is O=C(c1ccc(-c2ccccc2Cl)o1)N1CCCC(F)C1. The summed E-state index contributed by atoms with van der Waals surface area (Å²) >= 11 is 6.11. The second-order valence-corrected chi connectivity index (χ2v) is 5.54. The number of carbonyl (C=O) groups excluding carboxylic acids is 1. The van der Waals surface area contributed by atoms with E-state index in [1.807, 2.05) is 18.2 Å². The van der Waals surface area contributed by atoms with Crippen LogP contribution in [0.25, 0.3) is 11.3 Å². The standard InChI is InChI=1S/C16H15ClFNO2/c17-13-6-2-1-5-12(13)14-7-8-15(21-14)16(20)19-9-3-4-11(18)10-19/h1-2,5-8,11H,3-4,9-10H2. The maximum atomic E-state index is 13.4. The van der Waals surface area contributed by atoms with Crippen molar-refractivity contribution in [2.75, 3.05) is 13.1 Å². The molecule has 0 saturated carbocycles. The van der Waals surface area contributed by atoms with Crippen molar-refractivity contribution in [3.63, 3.8) is 0 Å². The molecule has 1 amide bonds. The van der Waals surface area contributed by atoms with Gasteiger partial charge < -0.3 is 9.32 Å². The molecule has 0 spiro atoms. The molecule has 110 valence electrons. The van der Waals surface area contributed by atoms with Crippen LogP contribution >= 0.6 is 11.6 Å². The van der Waals surface area contributed by atoms with Gasteiger partial charge in [-0.2, -0.15) is 0 Å². The smallest absolute Gasteiger partial charge is 0.289 e. The number of rotatable bonds is 2. The van der Waals surface area contributed by atoms with Gasteiger partial charge in [0.25, 0.3) is 5.91 Å². The van der Waals surface area contributed by atoms with Crippen LogP contribution in [0.5, 0.6) is 0 Å².